The number of rotatable bonds is 3. The normalized spacial score (nSPS) is 14.2. The molecule has 15 aromatic rings. The van der Waals surface area contributed by atoms with E-state index < -0.39 is 40.1 Å². The van der Waals surface area contributed by atoms with Crippen molar-refractivity contribution in [3.05, 3.63) is 463 Å². The molecule has 0 fully saturated rings. The summed E-state index contributed by atoms with van der Waals surface area (Å²) in [6.07, 6.45) is 0. The number of fused-ring (bicyclic) bond motifs is 33. The number of ether oxygens (including phenoxy) is 1. The molecule has 8 aliphatic rings. The van der Waals surface area contributed by atoms with Gasteiger partial charge in [-0.25, -0.2) is 44.5 Å². The zero-order chi connectivity index (χ0) is 75.6. The van der Waals surface area contributed by atoms with E-state index in [9.17, 15) is 33.9 Å². The number of esters is 2. The Morgan fingerprint density at radius 2 is 0.468 bits per heavy atom. The summed E-state index contributed by atoms with van der Waals surface area (Å²) in [6.45, 7) is 0. The molecule has 3 spiro atoms. The van der Waals surface area contributed by atoms with E-state index in [1.54, 1.807) is 54.6 Å². The Kier molecular flexibility index (Phi) is 16.7. The summed E-state index contributed by atoms with van der Waals surface area (Å²) in [4.78, 5) is 74.4. The highest BCUT2D eigenvalue weighted by molar-refractivity contribution is 7.54. The number of hydrogen-bond acceptors (Lipinski definition) is 7. The van der Waals surface area contributed by atoms with Gasteiger partial charge in [0.15, 0.2) is 17.3 Å². The first-order chi connectivity index (χ1) is 54.3. The van der Waals surface area contributed by atoms with E-state index >= 15 is 0 Å². The molecule has 1 N–H and O–H groups in total. The van der Waals surface area contributed by atoms with Crippen LogP contribution >= 0.6 is 30.1 Å². The molecule has 1 heterocycles. The summed E-state index contributed by atoms with van der Waals surface area (Å²) >= 11 is -1.72. The van der Waals surface area contributed by atoms with Crippen molar-refractivity contribution in [1.82, 2.24) is 0 Å². The fraction of sp³-hybridized carbons (Fsp3) is 0.0303. The van der Waals surface area contributed by atoms with Crippen molar-refractivity contribution < 1.29 is 38.6 Å². The van der Waals surface area contributed by atoms with E-state index in [0.717, 1.165) is 33.4 Å². The fourth-order valence-corrected chi connectivity index (χ4v) is 19.0. The maximum absolute atomic E-state index is 13.7. The molecule has 111 heavy (non-hydrogen) atoms. The van der Waals surface area contributed by atoms with Crippen LogP contribution in [0.5, 0.6) is 0 Å². The highest BCUT2D eigenvalue weighted by Gasteiger charge is 2.55. The predicted molar refractivity (Wildman–Crippen MR) is 438 cm³/mol. The second-order valence-corrected chi connectivity index (χ2v) is 34.7. The first-order valence-corrected chi connectivity index (χ1v) is 41.6. The van der Waals surface area contributed by atoms with Crippen molar-refractivity contribution in [2.24, 2.45) is 0 Å². The summed E-state index contributed by atoms with van der Waals surface area (Å²) in [7, 11) is 14.8. The van der Waals surface area contributed by atoms with Gasteiger partial charge in [-0.05, 0) is 170 Å². The van der Waals surface area contributed by atoms with Crippen molar-refractivity contribution in [1.29, 1.82) is 0 Å². The van der Waals surface area contributed by atoms with Gasteiger partial charge < -0.3 is 9.84 Å². The molecule has 15 aromatic carbocycles. The number of carbonyl (C=O) groups excluding carboxylic acids is 5. The summed E-state index contributed by atoms with van der Waals surface area (Å²) in [5, 5.41) is 9.67. The number of carboxylic acid groups (broad SMARTS) is 1. The predicted octanol–water partition coefficient (Wildman–Crippen LogP) is 22.5. The third-order valence-corrected chi connectivity index (χ3v) is 23.2. The van der Waals surface area contributed by atoms with Crippen LogP contribution < -0.4 is 0 Å². The lowest BCUT2D eigenvalue weighted by Crippen LogP contribution is -2.27. The number of carboxylic acids is 1. The second-order valence-electron chi connectivity index (χ2n) is 28.3. The molecule has 0 amide bonds. The van der Waals surface area contributed by atoms with Gasteiger partial charge in [-0.3, -0.25) is 14.4 Å². The number of halogens is 3. The van der Waals surface area contributed by atoms with Crippen molar-refractivity contribution in [2.45, 2.75) is 16.2 Å². The number of carbonyl (C=O) groups is 6. The van der Waals surface area contributed by atoms with Crippen LogP contribution in [0.25, 0.3) is 66.8 Å². The van der Waals surface area contributed by atoms with Crippen LogP contribution in [0, 0.1) is 0 Å². The Hall–Kier alpha value is -12.7. The topological polar surface area (TPSA) is 132 Å². The SMILES string of the molecule is O=C(O)c1ccccc1C(=O)c1ccc2c(c1)C1(c3ccccc3-c3ccccc31)c1ccccc1-2.O=C1OC(=O)c2ccccc21.O=C1c2ccccc2C(=O)c2cc3c(cc21)-c1ccccc1C31c2ccccc2-c2ccccc21.[Cl][Al]([Cl])[Cl].c1ccc2c(c1)-c1ccccc1C21c2ccccc2-c2ccccc21. The van der Waals surface area contributed by atoms with Gasteiger partial charge in [-0.15, -0.1) is 0 Å². The Morgan fingerprint density at radius 1 is 0.243 bits per heavy atom. The largest absolute Gasteiger partial charge is 0.643 e. The minimum Gasteiger partial charge on any atom is -0.478 e. The van der Waals surface area contributed by atoms with E-state index in [2.05, 4.69) is 247 Å². The molecule has 0 aromatic heterocycles. The monoisotopic (exact) mass is 1510 g/mol. The maximum Gasteiger partial charge on any atom is 0.643 e. The molecule has 0 bridgehead atoms. The molecule has 0 atom stereocenters. The zero-order valence-electron chi connectivity index (χ0n) is 58.9. The third kappa shape index (κ3) is 10.1. The maximum atomic E-state index is 13.7. The lowest BCUT2D eigenvalue weighted by Gasteiger charge is -2.31. The molecule has 0 saturated carbocycles. The first-order valence-electron chi connectivity index (χ1n) is 36.4. The van der Waals surface area contributed by atoms with Crippen LogP contribution in [0.4, 0.5) is 0 Å². The molecule has 12 heteroatoms. The van der Waals surface area contributed by atoms with Crippen LogP contribution in [-0.2, 0) is 21.0 Å². The van der Waals surface area contributed by atoms with Gasteiger partial charge in [-0.2, -0.15) is 0 Å². The van der Waals surface area contributed by atoms with E-state index in [0.29, 0.717) is 38.9 Å². The Morgan fingerprint density at radius 3 is 0.775 bits per heavy atom. The van der Waals surface area contributed by atoms with Crippen molar-refractivity contribution in [2.75, 3.05) is 0 Å². The summed E-state index contributed by atoms with van der Waals surface area (Å²) in [6, 6.07) is 117. The highest BCUT2D eigenvalue weighted by Crippen LogP contribution is 2.66. The fourth-order valence-electron chi connectivity index (χ4n) is 19.0. The van der Waals surface area contributed by atoms with Gasteiger partial charge in [0.2, 0.25) is 0 Å². The van der Waals surface area contributed by atoms with Crippen molar-refractivity contribution in [3.8, 4) is 66.8 Å². The molecule has 8 nitrogen and oxygen atoms in total. The first kappa shape index (κ1) is 68.8. The van der Waals surface area contributed by atoms with Gasteiger partial charge in [0.1, 0.15) is 0 Å². The van der Waals surface area contributed by atoms with Gasteiger partial charge in [0.05, 0.1) is 32.9 Å². The Labute approximate surface area is 656 Å². The molecular formula is C99H58AlCl3O8. The Bertz CT molecular complexity index is 6240. The standard InChI is InChI=1S/C33H20O3.C33H18O2.C25H16.C8H4O3.Al.3ClH/c34-31(25-12-1-2-13-26(25)32(35)36)20-17-18-24-23-11-5-8-16-29(23)33(30(24)19-20)27-14-6-3-9-21(27)22-10-4-7-15-28(22)33;34-31-22-12-1-2-13-23(22)32(35)26-18-30-24(17-25(26)31)21-11-5-8-16-29(21)33(30)27-14-6-3-9-19(27)20-10-4-7-15-28(20)33;1-5-13-21-17(9-1)18-10-2-6-14-22(18)25(21)23-15-7-3-11-19(23)20-12-4-8-16-24(20)25;9-7-5-3-1-2-4-6(5)8(10)11-7;;;;/h1-19H,(H,35,36);1-18H;1-16H;1-4H;;3*1H/q;;;;+3;;;/p-3. The van der Waals surface area contributed by atoms with E-state index in [1.807, 2.05) is 42.5 Å². The molecule has 0 unspecified atom stereocenters. The molecule has 0 radical (unpaired) electrons. The average Bonchev–Trinajstić information content (AvgIpc) is 1.52. The average molecular weight is 1510 g/mol. The second kappa shape index (κ2) is 26.9. The van der Waals surface area contributed by atoms with Crippen LogP contribution in [-0.4, -0.2) is 51.7 Å². The van der Waals surface area contributed by atoms with Crippen LogP contribution in [0.1, 0.15) is 146 Å². The van der Waals surface area contributed by atoms with E-state index in [-0.39, 0.29) is 33.9 Å². The molecule has 23 rings (SSSR count). The highest BCUT2D eigenvalue weighted by atomic mass is 35.8. The summed E-state index contributed by atoms with van der Waals surface area (Å²) in [5.41, 5.74) is 31.9. The number of cyclic esters (lactones) is 2. The van der Waals surface area contributed by atoms with Gasteiger partial charge in [0.25, 0.3) is 0 Å². The molecule has 7 aliphatic carbocycles. The smallest absolute Gasteiger partial charge is 0.478 e. The third-order valence-electron chi connectivity index (χ3n) is 23.2. The number of ketones is 3. The summed E-state index contributed by atoms with van der Waals surface area (Å²) in [5.74, 6) is -2.66. The molecule has 1 aliphatic heterocycles. The zero-order valence-corrected chi connectivity index (χ0v) is 62.3. The van der Waals surface area contributed by atoms with Gasteiger partial charge >= 0.3 is 29.3 Å². The van der Waals surface area contributed by atoms with E-state index in [4.69, 9.17) is 30.1 Å². The minimum atomic E-state index is -1.72. The van der Waals surface area contributed by atoms with Crippen molar-refractivity contribution in [3.63, 3.8) is 0 Å². The number of aromatic carboxylic acids is 1. The van der Waals surface area contributed by atoms with E-state index in [1.165, 1.54) is 106 Å². The summed E-state index contributed by atoms with van der Waals surface area (Å²) < 4.78 is 4.35. The molecule has 0 saturated heterocycles. The molecular weight excluding hydrogens is 1450 g/mol. The number of benzene rings is 15. The van der Waals surface area contributed by atoms with Gasteiger partial charge in [-0.1, -0.05) is 309 Å². The van der Waals surface area contributed by atoms with Crippen molar-refractivity contribution >= 4 is 76.8 Å². The van der Waals surface area contributed by atoms with Crippen LogP contribution in [0.15, 0.2) is 346 Å². The lowest BCUT2D eigenvalue weighted by atomic mass is 9.69. The molecule has 526 valence electrons. The quantitative estimate of drug-likeness (QED) is 0.0801. The number of hydrogen-bond donors (Lipinski definition) is 1. The van der Waals surface area contributed by atoms with Gasteiger partial charge in [0, 0.05) is 33.4 Å². The lowest BCUT2D eigenvalue weighted by molar-refractivity contribution is 0.0442. The van der Waals surface area contributed by atoms with Crippen LogP contribution in [0.3, 0.4) is 0 Å². The van der Waals surface area contributed by atoms with Crippen LogP contribution in [0.2, 0.25) is 0 Å². The Balaban J connectivity index is 0.000000104. The minimum absolute atomic E-state index is 0.0116.